The van der Waals surface area contributed by atoms with Crippen molar-refractivity contribution >= 4 is 33.7 Å². The Hall–Kier alpha value is -3.49. The number of hydrogen-bond acceptors (Lipinski definition) is 6. The van der Waals surface area contributed by atoms with Crippen LogP contribution in [0.25, 0.3) is 33.3 Å². The monoisotopic (exact) mass is 459 g/mol. The highest BCUT2D eigenvalue weighted by Crippen LogP contribution is 2.35. The van der Waals surface area contributed by atoms with E-state index in [9.17, 15) is 0 Å². The normalized spacial score (nSPS) is 14.8. The van der Waals surface area contributed by atoms with E-state index in [-0.39, 0.29) is 0 Å². The van der Waals surface area contributed by atoms with Gasteiger partial charge in [-0.15, -0.1) is 0 Å². The molecule has 8 nitrogen and oxygen atoms in total. The fourth-order valence-electron chi connectivity index (χ4n) is 4.29. The average Bonchev–Trinajstić information content (AvgIpc) is 3.47. The van der Waals surface area contributed by atoms with Gasteiger partial charge in [-0.2, -0.15) is 5.10 Å². The summed E-state index contributed by atoms with van der Waals surface area (Å²) in [5, 5.41) is 8.39. The predicted octanol–water partition coefficient (Wildman–Crippen LogP) is 5.05. The van der Waals surface area contributed by atoms with E-state index in [1.165, 1.54) is 0 Å². The van der Waals surface area contributed by atoms with Crippen LogP contribution in [0.3, 0.4) is 0 Å². The molecule has 2 N–H and O–H groups in total. The van der Waals surface area contributed by atoms with Crippen LogP contribution in [-0.2, 0) is 0 Å². The van der Waals surface area contributed by atoms with E-state index < -0.39 is 0 Å². The zero-order valence-corrected chi connectivity index (χ0v) is 18.8. The Balaban J connectivity index is 1.32. The van der Waals surface area contributed by atoms with Gasteiger partial charge in [-0.25, -0.2) is 9.97 Å². The highest BCUT2D eigenvalue weighted by atomic mass is 35.5. The maximum Gasteiger partial charge on any atom is 0.148 e. The second-order valence-corrected chi connectivity index (χ2v) is 8.67. The molecule has 0 spiro atoms. The van der Waals surface area contributed by atoms with Gasteiger partial charge in [0.1, 0.15) is 27.9 Å². The van der Waals surface area contributed by atoms with Crippen molar-refractivity contribution in [2.45, 2.75) is 25.8 Å². The van der Waals surface area contributed by atoms with Crippen LogP contribution in [0.15, 0.2) is 48.9 Å². The van der Waals surface area contributed by atoms with Gasteiger partial charge in [-0.1, -0.05) is 11.6 Å². The third-order valence-corrected chi connectivity index (χ3v) is 6.36. The predicted molar refractivity (Wildman–Crippen MR) is 128 cm³/mol. The number of aromatic nitrogens is 6. The lowest BCUT2D eigenvalue weighted by Gasteiger charge is -2.22. The van der Waals surface area contributed by atoms with E-state index in [0.29, 0.717) is 33.6 Å². The Bertz CT molecular complexity index is 1470. The molecule has 0 unspecified atom stereocenters. The molecule has 0 radical (unpaired) electrons. The Morgan fingerprint density at radius 1 is 1.06 bits per heavy atom. The minimum atomic E-state index is 0.410. The lowest BCUT2D eigenvalue weighted by atomic mass is 10.1. The second kappa shape index (κ2) is 8.13. The minimum absolute atomic E-state index is 0.410. The van der Waals surface area contributed by atoms with Crippen LogP contribution in [0.4, 0.5) is 0 Å². The van der Waals surface area contributed by atoms with Crippen molar-refractivity contribution < 1.29 is 4.74 Å². The Morgan fingerprint density at radius 2 is 1.91 bits per heavy atom. The number of H-pyrrole nitrogens is 1. The molecule has 1 aliphatic rings. The summed E-state index contributed by atoms with van der Waals surface area (Å²) >= 11 is 6.72. The molecule has 0 atom stereocenters. The molecular weight excluding hydrogens is 438 g/mol. The molecule has 0 saturated carbocycles. The van der Waals surface area contributed by atoms with Gasteiger partial charge in [0.05, 0.1) is 40.7 Å². The van der Waals surface area contributed by atoms with E-state index in [2.05, 4.69) is 25.4 Å². The molecular formula is C24H22ClN7O. The summed E-state index contributed by atoms with van der Waals surface area (Å²) in [4.78, 5) is 17.0. The molecule has 9 heteroatoms. The molecule has 6 rings (SSSR count). The van der Waals surface area contributed by atoms with Gasteiger partial charge < -0.3 is 15.0 Å². The van der Waals surface area contributed by atoms with Gasteiger partial charge in [0.25, 0.3) is 0 Å². The number of halogens is 1. The Morgan fingerprint density at radius 3 is 2.79 bits per heavy atom. The molecule has 1 aliphatic heterocycles. The van der Waals surface area contributed by atoms with Crippen molar-refractivity contribution in [2.24, 2.45) is 0 Å². The summed E-state index contributed by atoms with van der Waals surface area (Å²) in [6.45, 7) is 3.95. The topological polar surface area (TPSA) is 93.5 Å². The third-order valence-electron chi connectivity index (χ3n) is 6.00. The van der Waals surface area contributed by atoms with Crippen LogP contribution in [0.1, 0.15) is 24.7 Å². The summed E-state index contributed by atoms with van der Waals surface area (Å²) in [5.41, 5.74) is 4.77. The number of benzene rings is 2. The third kappa shape index (κ3) is 3.81. The minimum Gasteiger partial charge on any atom is -0.456 e. The number of aryl methyl sites for hydroxylation is 1. The van der Waals surface area contributed by atoms with Crippen molar-refractivity contribution in [2.75, 3.05) is 13.1 Å². The summed E-state index contributed by atoms with van der Waals surface area (Å²) in [6, 6.07) is 9.79. The SMILES string of the molecule is Cc1nc2ccc(Oc3ccc4ncc(-c5cnn(C6CCNCC6)c5)nc4c3Cl)cc2[nH]1. The molecule has 4 heterocycles. The Kier molecular flexibility index (Phi) is 4.96. The fraction of sp³-hybridized carbons (Fsp3) is 0.250. The van der Waals surface area contributed by atoms with Crippen molar-refractivity contribution in [1.82, 2.24) is 35.0 Å². The van der Waals surface area contributed by atoms with Crippen molar-refractivity contribution in [3.05, 3.63) is 59.8 Å². The standard InChI is InChI=1S/C24H22ClN7O/c1-14-29-18-3-2-17(10-20(18)30-14)33-22-5-4-19-24(23(22)25)31-21(12-27-19)15-11-28-32(13-15)16-6-8-26-9-7-16/h2-5,10-13,16,26H,6-9H2,1H3,(H,29,30). The number of rotatable bonds is 4. The highest BCUT2D eigenvalue weighted by Gasteiger charge is 2.17. The number of aromatic amines is 1. The van der Waals surface area contributed by atoms with Crippen LogP contribution in [-0.4, -0.2) is 42.8 Å². The number of fused-ring (bicyclic) bond motifs is 2. The van der Waals surface area contributed by atoms with Gasteiger partial charge in [-0.3, -0.25) is 9.67 Å². The number of piperidine rings is 1. The highest BCUT2D eigenvalue weighted by molar-refractivity contribution is 6.36. The first-order valence-electron chi connectivity index (χ1n) is 11.0. The van der Waals surface area contributed by atoms with Crippen LogP contribution < -0.4 is 10.1 Å². The molecule has 0 aliphatic carbocycles. The lowest BCUT2D eigenvalue weighted by Crippen LogP contribution is -2.29. The van der Waals surface area contributed by atoms with E-state index in [1.807, 2.05) is 54.3 Å². The molecule has 166 valence electrons. The van der Waals surface area contributed by atoms with Gasteiger partial charge in [0.2, 0.25) is 0 Å². The van der Waals surface area contributed by atoms with Crippen LogP contribution in [0.5, 0.6) is 11.5 Å². The molecule has 3 aromatic heterocycles. The van der Waals surface area contributed by atoms with Gasteiger partial charge >= 0.3 is 0 Å². The number of nitrogens with one attached hydrogen (secondary N) is 2. The first-order chi connectivity index (χ1) is 16.1. The zero-order chi connectivity index (χ0) is 22.4. The summed E-state index contributed by atoms with van der Waals surface area (Å²) in [7, 11) is 0. The molecule has 0 amide bonds. The van der Waals surface area contributed by atoms with Crippen LogP contribution >= 0.6 is 11.6 Å². The van der Waals surface area contributed by atoms with E-state index in [0.717, 1.165) is 54.0 Å². The lowest BCUT2D eigenvalue weighted by molar-refractivity contribution is 0.343. The van der Waals surface area contributed by atoms with Gasteiger partial charge in [0, 0.05) is 17.8 Å². The smallest absolute Gasteiger partial charge is 0.148 e. The van der Waals surface area contributed by atoms with Crippen molar-refractivity contribution in [3.8, 4) is 22.8 Å². The molecule has 5 aromatic rings. The molecule has 33 heavy (non-hydrogen) atoms. The first-order valence-corrected chi connectivity index (χ1v) is 11.4. The maximum atomic E-state index is 6.72. The Labute approximate surface area is 195 Å². The molecule has 0 bridgehead atoms. The number of nitrogens with zero attached hydrogens (tertiary/aromatic N) is 5. The summed E-state index contributed by atoms with van der Waals surface area (Å²) in [6.07, 6.45) is 7.79. The average molecular weight is 460 g/mol. The number of imidazole rings is 1. The van der Waals surface area contributed by atoms with Crippen LogP contribution in [0, 0.1) is 6.92 Å². The molecule has 1 fully saturated rings. The van der Waals surface area contributed by atoms with Crippen LogP contribution in [0.2, 0.25) is 5.02 Å². The maximum absolute atomic E-state index is 6.72. The number of hydrogen-bond donors (Lipinski definition) is 2. The number of ether oxygens (including phenoxy) is 1. The second-order valence-electron chi connectivity index (χ2n) is 8.29. The molecule has 2 aromatic carbocycles. The largest absolute Gasteiger partial charge is 0.456 e. The molecule has 1 saturated heterocycles. The first kappa shape index (κ1) is 20.1. The van der Waals surface area contributed by atoms with Crippen molar-refractivity contribution in [3.63, 3.8) is 0 Å². The van der Waals surface area contributed by atoms with E-state index >= 15 is 0 Å². The van der Waals surface area contributed by atoms with Gasteiger partial charge in [0.15, 0.2) is 0 Å². The van der Waals surface area contributed by atoms with E-state index in [1.54, 1.807) is 6.20 Å². The van der Waals surface area contributed by atoms with Crippen molar-refractivity contribution in [1.29, 1.82) is 0 Å². The summed E-state index contributed by atoms with van der Waals surface area (Å²) in [5.74, 6) is 2.05. The van der Waals surface area contributed by atoms with Gasteiger partial charge in [-0.05, 0) is 57.1 Å². The fourth-order valence-corrected chi connectivity index (χ4v) is 4.53. The summed E-state index contributed by atoms with van der Waals surface area (Å²) < 4.78 is 8.13. The van der Waals surface area contributed by atoms with E-state index in [4.69, 9.17) is 21.3 Å². The zero-order valence-electron chi connectivity index (χ0n) is 18.0. The quantitative estimate of drug-likeness (QED) is 0.390.